The molecule has 0 saturated carbocycles. The van der Waals surface area contributed by atoms with E-state index in [9.17, 15) is 9.59 Å². The number of amides is 2. The molecule has 1 N–H and O–H groups in total. The Kier molecular flexibility index (Phi) is 3.68. The summed E-state index contributed by atoms with van der Waals surface area (Å²) in [7, 11) is 0. The summed E-state index contributed by atoms with van der Waals surface area (Å²) >= 11 is 0. The van der Waals surface area contributed by atoms with Crippen molar-refractivity contribution < 1.29 is 9.59 Å². The zero-order chi connectivity index (χ0) is 10.6. The van der Waals surface area contributed by atoms with Crippen LogP contribution in [-0.4, -0.2) is 36.3 Å². The second-order valence-electron chi connectivity index (χ2n) is 3.52. The molecule has 1 atom stereocenters. The fraction of sp³-hybridized carbons (Fsp3) is 0.600. The minimum Gasteiger partial charge on any atom is -0.355 e. The lowest BCUT2D eigenvalue weighted by Crippen LogP contribution is -2.34. The number of hydrogen-bond donors (Lipinski definition) is 1. The van der Waals surface area contributed by atoms with Crippen LogP contribution in [0, 0.1) is 5.92 Å². The molecule has 1 aliphatic rings. The molecule has 0 bridgehead atoms. The first-order chi connectivity index (χ1) is 6.63. The van der Waals surface area contributed by atoms with E-state index in [1.165, 1.54) is 6.92 Å². The van der Waals surface area contributed by atoms with Gasteiger partial charge in [0.15, 0.2) is 0 Å². The molecule has 0 aromatic heterocycles. The zero-order valence-corrected chi connectivity index (χ0v) is 8.45. The van der Waals surface area contributed by atoms with Gasteiger partial charge in [-0.25, -0.2) is 0 Å². The number of likely N-dealkylation sites (tertiary alicyclic amines) is 1. The predicted octanol–water partition coefficient (Wildman–Crippen LogP) is 0.157. The van der Waals surface area contributed by atoms with Gasteiger partial charge >= 0.3 is 0 Å². The smallest absolute Gasteiger partial charge is 0.223 e. The van der Waals surface area contributed by atoms with Crippen molar-refractivity contribution in [2.45, 2.75) is 13.3 Å². The normalized spacial score (nSPS) is 21.1. The third-order valence-electron chi connectivity index (χ3n) is 2.33. The van der Waals surface area contributed by atoms with Crippen LogP contribution in [0.2, 0.25) is 0 Å². The summed E-state index contributed by atoms with van der Waals surface area (Å²) in [6, 6.07) is 0. The van der Waals surface area contributed by atoms with Gasteiger partial charge in [0, 0.05) is 38.9 Å². The number of nitrogens with zero attached hydrogens (tertiary/aromatic N) is 1. The van der Waals surface area contributed by atoms with Crippen LogP contribution in [0.1, 0.15) is 13.3 Å². The Balaban J connectivity index is 2.28. The van der Waals surface area contributed by atoms with Gasteiger partial charge in [-0.2, -0.15) is 0 Å². The van der Waals surface area contributed by atoms with Gasteiger partial charge in [0.05, 0.1) is 0 Å². The van der Waals surface area contributed by atoms with Crippen LogP contribution in [0.4, 0.5) is 0 Å². The molecule has 1 rings (SSSR count). The number of nitrogens with one attached hydrogen (secondary N) is 1. The molecule has 0 aromatic carbocycles. The molecule has 0 aliphatic carbocycles. The van der Waals surface area contributed by atoms with Crippen LogP contribution in [0.15, 0.2) is 12.7 Å². The van der Waals surface area contributed by atoms with E-state index in [0.29, 0.717) is 19.5 Å². The number of hydrogen-bond acceptors (Lipinski definition) is 2. The fourth-order valence-electron chi connectivity index (χ4n) is 1.54. The highest BCUT2D eigenvalue weighted by atomic mass is 16.2. The first-order valence-corrected chi connectivity index (χ1v) is 4.78. The summed E-state index contributed by atoms with van der Waals surface area (Å²) < 4.78 is 0. The largest absolute Gasteiger partial charge is 0.355 e. The molecule has 14 heavy (non-hydrogen) atoms. The van der Waals surface area contributed by atoms with E-state index in [1.54, 1.807) is 4.90 Å². The molecule has 1 unspecified atom stereocenters. The molecule has 2 amide bonds. The lowest BCUT2D eigenvalue weighted by atomic mass is 10.1. The Bertz CT molecular complexity index is 251. The number of rotatable bonds is 4. The molecule has 0 spiro atoms. The third kappa shape index (κ3) is 2.87. The van der Waals surface area contributed by atoms with Gasteiger partial charge in [-0.3, -0.25) is 9.59 Å². The van der Waals surface area contributed by atoms with Gasteiger partial charge in [0.1, 0.15) is 0 Å². The second kappa shape index (κ2) is 4.79. The van der Waals surface area contributed by atoms with Gasteiger partial charge in [0.2, 0.25) is 11.8 Å². The Morgan fingerprint density at radius 1 is 1.79 bits per heavy atom. The first-order valence-electron chi connectivity index (χ1n) is 4.78. The summed E-state index contributed by atoms with van der Waals surface area (Å²) in [5.41, 5.74) is 0. The highest BCUT2D eigenvalue weighted by Gasteiger charge is 2.26. The average molecular weight is 196 g/mol. The van der Waals surface area contributed by atoms with Gasteiger partial charge < -0.3 is 10.2 Å². The second-order valence-corrected chi connectivity index (χ2v) is 3.52. The van der Waals surface area contributed by atoms with Crippen molar-refractivity contribution in [3.63, 3.8) is 0 Å². The van der Waals surface area contributed by atoms with Gasteiger partial charge in [-0.1, -0.05) is 6.08 Å². The zero-order valence-electron chi connectivity index (χ0n) is 8.45. The van der Waals surface area contributed by atoms with E-state index in [4.69, 9.17) is 0 Å². The maximum Gasteiger partial charge on any atom is 0.223 e. The molecule has 1 heterocycles. The highest BCUT2D eigenvalue weighted by molar-refractivity contribution is 5.79. The molecule has 1 saturated heterocycles. The van der Waals surface area contributed by atoms with E-state index >= 15 is 0 Å². The van der Waals surface area contributed by atoms with Crippen LogP contribution >= 0.6 is 0 Å². The van der Waals surface area contributed by atoms with Crippen LogP contribution in [0.5, 0.6) is 0 Å². The lowest BCUT2D eigenvalue weighted by Gasteiger charge is -2.15. The van der Waals surface area contributed by atoms with Crippen molar-refractivity contribution in [3.8, 4) is 0 Å². The first kappa shape index (κ1) is 10.8. The average Bonchev–Trinajstić information content (AvgIpc) is 2.47. The summed E-state index contributed by atoms with van der Waals surface area (Å²) in [5.74, 6) is 0.372. The van der Waals surface area contributed by atoms with Crippen LogP contribution in [0.25, 0.3) is 0 Å². The third-order valence-corrected chi connectivity index (χ3v) is 2.33. The van der Waals surface area contributed by atoms with Gasteiger partial charge in [-0.05, 0) is 0 Å². The van der Waals surface area contributed by atoms with Crippen molar-refractivity contribution in [2.24, 2.45) is 5.92 Å². The molecular weight excluding hydrogens is 180 g/mol. The van der Waals surface area contributed by atoms with Crippen molar-refractivity contribution in [2.75, 3.05) is 19.6 Å². The topological polar surface area (TPSA) is 49.4 Å². The maximum absolute atomic E-state index is 11.4. The highest BCUT2D eigenvalue weighted by Crippen LogP contribution is 2.17. The van der Waals surface area contributed by atoms with Gasteiger partial charge in [0.25, 0.3) is 0 Å². The van der Waals surface area contributed by atoms with Gasteiger partial charge in [-0.15, -0.1) is 6.58 Å². The molecule has 1 fully saturated rings. The van der Waals surface area contributed by atoms with Crippen molar-refractivity contribution in [1.29, 1.82) is 0 Å². The molecular formula is C10H16N2O2. The van der Waals surface area contributed by atoms with E-state index in [1.807, 2.05) is 6.08 Å². The van der Waals surface area contributed by atoms with Crippen LogP contribution in [0.3, 0.4) is 0 Å². The molecule has 4 nitrogen and oxygen atoms in total. The quantitative estimate of drug-likeness (QED) is 0.651. The van der Waals surface area contributed by atoms with Crippen LogP contribution < -0.4 is 5.32 Å². The summed E-state index contributed by atoms with van der Waals surface area (Å²) in [6.07, 6.45) is 2.37. The monoisotopic (exact) mass is 196 g/mol. The summed E-state index contributed by atoms with van der Waals surface area (Å²) in [4.78, 5) is 23.7. The molecule has 0 radical (unpaired) electrons. The van der Waals surface area contributed by atoms with E-state index < -0.39 is 0 Å². The SMILES string of the molecule is C=CC1CC(=O)N(CCNC(C)=O)C1. The van der Waals surface area contributed by atoms with E-state index in [0.717, 1.165) is 6.54 Å². The number of carbonyl (C=O) groups excluding carboxylic acids is 2. The van der Waals surface area contributed by atoms with E-state index in [-0.39, 0.29) is 17.7 Å². The predicted molar refractivity (Wildman–Crippen MR) is 53.6 cm³/mol. The minimum atomic E-state index is -0.0584. The number of carbonyl (C=O) groups is 2. The lowest BCUT2D eigenvalue weighted by molar-refractivity contribution is -0.128. The van der Waals surface area contributed by atoms with Crippen molar-refractivity contribution in [3.05, 3.63) is 12.7 Å². The fourth-order valence-corrected chi connectivity index (χ4v) is 1.54. The standard InChI is InChI=1S/C10H16N2O2/c1-3-9-6-10(14)12(7-9)5-4-11-8(2)13/h3,9H,1,4-7H2,2H3,(H,11,13). The van der Waals surface area contributed by atoms with Crippen molar-refractivity contribution >= 4 is 11.8 Å². The summed E-state index contributed by atoms with van der Waals surface area (Å²) in [6.45, 7) is 7.01. The molecule has 0 aromatic rings. The Morgan fingerprint density at radius 2 is 2.50 bits per heavy atom. The van der Waals surface area contributed by atoms with E-state index in [2.05, 4.69) is 11.9 Å². The Morgan fingerprint density at radius 3 is 3.00 bits per heavy atom. The molecule has 78 valence electrons. The minimum absolute atomic E-state index is 0.0584. The van der Waals surface area contributed by atoms with Crippen molar-refractivity contribution in [1.82, 2.24) is 10.2 Å². The van der Waals surface area contributed by atoms with Crippen LogP contribution in [-0.2, 0) is 9.59 Å². The molecule has 4 heteroatoms. The Labute approximate surface area is 84.0 Å². The maximum atomic E-state index is 11.4. The molecule has 1 aliphatic heterocycles. The Hall–Kier alpha value is -1.32. The summed E-state index contributed by atoms with van der Waals surface area (Å²) in [5, 5.41) is 2.67.